The molecular weight excluding hydrogens is 360 g/mol. The maximum Gasteiger partial charge on any atom is 0.133 e. The van der Waals surface area contributed by atoms with Crippen molar-refractivity contribution in [2.45, 2.75) is 6.10 Å². The molecule has 0 fully saturated rings. The molecule has 0 spiro atoms. The molecule has 0 heterocycles. The van der Waals surface area contributed by atoms with E-state index in [-0.39, 0.29) is 0 Å². The summed E-state index contributed by atoms with van der Waals surface area (Å²) in [5.41, 5.74) is 1.68. The van der Waals surface area contributed by atoms with Crippen LogP contribution in [-0.2, 0) is 0 Å². The lowest BCUT2D eigenvalue weighted by Crippen LogP contribution is -1.99. The van der Waals surface area contributed by atoms with Gasteiger partial charge in [-0.05, 0) is 51.3 Å². The molecule has 2 nitrogen and oxygen atoms in total. The molecule has 94 valence electrons. The Morgan fingerprint density at radius 2 is 1.61 bits per heavy atom. The number of benzene rings is 2. The minimum Gasteiger partial charge on any atom is -0.496 e. The summed E-state index contributed by atoms with van der Waals surface area (Å²) in [7, 11) is 1.62. The fraction of sp³-hybridized carbons (Fsp3) is 0.143. The van der Waals surface area contributed by atoms with Gasteiger partial charge in [0.05, 0.1) is 11.6 Å². The average Bonchev–Trinajstić information content (AvgIpc) is 2.38. The van der Waals surface area contributed by atoms with E-state index in [0.717, 1.165) is 25.8 Å². The van der Waals surface area contributed by atoms with E-state index in [1.807, 2.05) is 42.5 Å². The van der Waals surface area contributed by atoms with E-state index < -0.39 is 6.10 Å². The van der Waals surface area contributed by atoms with E-state index in [2.05, 4.69) is 31.9 Å². The fourth-order valence-electron chi connectivity index (χ4n) is 1.69. The van der Waals surface area contributed by atoms with Crippen LogP contribution in [0.2, 0.25) is 0 Å². The topological polar surface area (TPSA) is 29.5 Å². The van der Waals surface area contributed by atoms with Gasteiger partial charge < -0.3 is 9.84 Å². The van der Waals surface area contributed by atoms with E-state index in [4.69, 9.17) is 4.74 Å². The maximum atomic E-state index is 10.3. The highest BCUT2D eigenvalue weighted by atomic mass is 79.9. The summed E-state index contributed by atoms with van der Waals surface area (Å²) < 4.78 is 6.99. The van der Waals surface area contributed by atoms with Crippen molar-refractivity contribution in [2.24, 2.45) is 0 Å². The van der Waals surface area contributed by atoms with Crippen LogP contribution in [0.4, 0.5) is 0 Å². The number of ether oxygens (including phenoxy) is 1. The average molecular weight is 372 g/mol. The van der Waals surface area contributed by atoms with Crippen LogP contribution in [0.1, 0.15) is 17.2 Å². The number of hydrogen-bond acceptors (Lipinski definition) is 2. The summed E-state index contributed by atoms with van der Waals surface area (Å²) in [5.74, 6) is 0.752. The van der Waals surface area contributed by atoms with Gasteiger partial charge in [-0.1, -0.05) is 34.1 Å². The van der Waals surface area contributed by atoms with Gasteiger partial charge in [0.1, 0.15) is 11.9 Å². The lowest BCUT2D eigenvalue weighted by molar-refractivity contribution is 0.220. The first-order valence-corrected chi connectivity index (χ1v) is 6.97. The third-order valence-corrected chi connectivity index (χ3v) is 3.83. The number of aliphatic hydroxyl groups is 1. The van der Waals surface area contributed by atoms with Crippen molar-refractivity contribution in [3.63, 3.8) is 0 Å². The molecule has 2 aromatic rings. The molecule has 0 radical (unpaired) electrons. The molecule has 0 aliphatic rings. The molecule has 18 heavy (non-hydrogen) atoms. The first-order chi connectivity index (χ1) is 8.61. The molecule has 1 N–H and O–H groups in total. The number of aliphatic hydroxyl groups excluding tert-OH is 1. The minimum absolute atomic E-state index is 0.639. The van der Waals surface area contributed by atoms with Gasteiger partial charge in [0, 0.05) is 4.47 Å². The molecule has 0 saturated heterocycles. The molecule has 1 unspecified atom stereocenters. The highest BCUT2D eigenvalue weighted by Crippen LogP contribution is 2.30. The predicted octanol–water partition coefficient (Wildman–Crippen LogP) is 4.30. The molecule has 0 aliphatic carbocycles. The zero-order valence-electron chi connectivity index (χ0n) is 9.73. The zero-order valence-corrected chi connectivity index (χ0v) is 12.9. The van der Waals surface area contributed by atoms with Crippen LogP contribution in [0.5, 0.6) is 5.75 Å². The van der Waals surface area contributed by atoms with Gasteiger partial charge >= 0.3 is 0 Å². The first-order valence-electron chi connectivity index (χ1n) is 5.39. The third-order valence-electron chi connectivity index (χ3n) is 2.68. The Morgan fingerprint density at radius 1 is 1.00 bits per heavy atom. The van der Waals surface area contributed by atoms with Gasteiger partial charge in [-0.3, -0.25) is 0 Å². The van der Waals surface area contributed by atoms with Crippen LogP contribution in [0, 0.1) is 0 Å². The van der Waals surface area contributed by atoms with Gasteiger partial charge in [-0.25, -0.2) is 0 Å². The quantitative estimate of drug-likeness (QED) is 0.871. The summed E-state index contributed by atoms with van der Waals surface area (Å²) >= 11 is 6.79. The molecule has 0 saturated carbocycles. The second-order valence-corrected chi connectivity index (χ2v) is 5.62. The van der Waals surface area contributed by atoms with Crippen LogP contribution in [0.25, 0.3) is 0 Å². The zero-order chi connectivity index (χ0) is 13.1. The molecule has 0 amide bonds. The molecule has 0 aromatic heterocycles. The minimum atomic E-state index is -0.639. The fourth-order valence-corrected chi connectivity index (χ4v) is 2.51. The standard InChI is InChI=1S/C14H12Br2O2/c1-18-13-7-4-10(8-12(13)16)14(17)9-2-5-11(15)6-3-9/h2-8,14,17H,1H3. The predicted molar refractivity (Wildman–Crippen MR) is 78.9 cm³/mol. The Morgan fingerprint density at radius 3 is 2.17 bits per heavy atom. The van der Waals surface area contributed by atoms with E-state index in [1.54, 1.807) is 7.11 Å². The Hall–Kier alpha value is -0.840. The molecule has 2 aromatic carbocycles. The number of halogens is 2. The van der Waals surface area contributed by atoms with Gasteiger partial charge in [-0.15, -0.1) is 0 Å². The summed E-state index contributed by atoms with van der Waals surface area (Å²) in [6.45, 7) is 0. The second-order valence-electron chi connectivity index (χ2n) is 3.85. The number of hydrogen-bond donors (Lipinski definition) is 1. The number of rotatable bonds is 3. The van der Waals surface area contributed by atoms with E-state index >= 15 is 0 Å². The largest absolute Gasteiger partial charge is 0.496 e. The normalized spacial score (nSPS) is 12.2. The summed E-state index contributed by atoms with van der Waals surface area (Å²) in [5, 5.41) is 10.3. The maximum absolute atomic E-state index is 10.3. The lowest BCUT2D eigenvalue weighted by Gasteiger charge is -2.13. The lowest BCUT2D eigenvalue weighted by atomic mass is 10.0. The Bertz CT molecular complexity index is 538. The SMILES string of the molecule is COc1ccc(C(O)c2ccc(Br)cc2)cc1Br. The number of methoxy groups -OCH3 is 1. The van der Waals surface area contributed by atoms with Crippen molar-refractivity contribution in [2.75, 3.05) is 7.11 Å². The molecule has 4 heteroatoms. The van der Waals surface area contributed by atoms with Gasteiger partial charge in [0.15, 0.2) is 0 Å². The highest BCUT2D eigenvalue weighted by Gasteiger charge is 2.12. The van der Waals surface area contributed by atoms with Crippen molar-refractivity contribution >= 4 is 31.9 Å². The Balaban J connectivity index is 2.31. The Labute approximate surface area is 123 Å². The third kappa shape index (κ3) is 2.94. The van der Waals surface area contributed by atoms with E-state index in [0.29, 0.717) is 0 Å². The molecule has 0 bridgehead atoms. The molecule has 1 atom stereocenters. The highest BCUT2D eigenvalue weighted by molar-refractivity contribution is 9.10. The summed E-state index contributed by atoms with van der Waals surface area (Å²) in [4.78, 5) is 0. The van der Waals surface area contributed by atoms with Crippen LogP contribution in [-0.4, -0.2) is 12.2 Å². The van der Waals surface area contributed by atoms with Crippen molar-refractivity contribution in [1.82, 2.24) is 0 Å². The van der Waals surface area contributed by atoms with E-state index in [9.17, 15) is 5.11 Å². The molecule has 0 aliphatic heterocycles. The molecular formula is C14H12Br2O2. The van der Waals surface area contributed by atoms with Gasteiger partial charge in [-0.2, -0.15) is 0 Å². The van der Waals surface area contributed by atoms with Crippen LogP contribution >= 0.6 is 31.9 Å². The first kappa shape index (κ1) is 13.6. The summed E-state index contributed by atoms with van der Waals surface area (Å²) in [6.07, 6.45) is -0.639. The summed E-state index contributed by atoms with van der Waals surface area (Å²) in [6, 6.07) is 13.2. The molecule has 2 rings (SSSR count). The van der Waals surface area contributed by atoms with Crippen LogP contribution < -0.4 is 4.74 Å². The van der Waals surface area contributed by atoms with E-state index in [1.165, 1.54) is 0 Å². The van der Waals surface area contributed by atoms with Crippen molar-refractivity contribution in [1.29, 1.82) is 0 Å². The Kier molecular flexibility index (Phi) is 4.43. The van der Waals surface area contributed by atoms with Crippen molar-refractivity contribution in [3.8, 4) is 5.75 Å². The van der Waals surface area contributed by atoms with Crippen molar-refractivity contribution in [3.05, 3.63) is 62.5 Å². The smallest absolute Gasteiger partial charge is 0.133 e. The van der Waals surface area contributed by atoms with Gasteiger partial charge in [0.25, 0.3) is 0 Å². The van der Waals surface area contributed by atoms with Crippen LogP contribution in [0.3, 0.4) is 0 Å². The monoisotopic (exact) mass is 370 g/mol. The van der Waals surface area contributed by atoms with Crippen molar-refractivity contribution < 1.29 is 9.84 Å². The van der Waals surface area contributed by atoms with Gasteiger partial charge in [0.2, 0.25) is 0 Å². The van der Waals surface area contributed by atoms with Crippen LogP contribution in [0.15, 0.2) is 51.4 Å². The second kappa shape index (κ2) is 5.87.